The Kier molecular flexibility index (Phi) is 5.00. The van der Waals surface area contributed by atoms with Crippen LogP contribution in [0.2, 0.25) is 0 Å². The highest BCUT2D eigenvalue weighted by Gasteiger charge is 2.08. The van der Waals surface area contributed by atoms with Crippen molar-refractivity contribution in [3.8, 4) is 11.1 Å². The summed E-state index contributed by atoms with van der Waals surface area (Å²) in [6.45, 7) is 3.90. The predicted octanol–water partition coefficient (Wildman–Crippen LogP) is 4.03. The first-order valence-corrected chi connectivity index (χ1v) is 8.21. The fourth-order valence-electron chi connectivity index (χ4n) is 2.61. The van der Waals surface area contributed by atoms with Gasteiger partial charge in [-0.2, -0.15) is 0 Å². The van der Waals surface area contributed by atoms with Gasteiger partial charge in [0.15, 0.2) is 5.43 Å². The molecule has 0 saturated carbocycles. The van der Waals surface area contributed by atoms with E-state index in [0.717, 1.165) is 11.3 Å². The van der Waals surface area contributed by atoms with E-state index in [0.29, 0.717) is 17.9 Å². The van der Waals surface area contributed by atoms with Gasteiger partial charge in [0.05, 0.1) is 6.54 Å². The summed E-state index contributed by atoms with van der Waals surface area (Å²) in [6.07, 6.45) is 0. The Hall–Kier alpha value is -2.85. The van der Waals surface area contributed by atoms with Crippen molar-refractivity contribution in [3.63, 3.8) is 0 Å². The van der Waals surface area contributed by atoms with E-state index >= 15 is 0 Å². The van der Waals surface area contributed by atoms with Crippen LogP contribution in [-0.2, 0) is 13.2 Å². The average molecular weight is 335 g/mol. The molecule has 0 aliphatic heterocycles. The molecule has 0 saturated heterocycles. The van der Waals surface area contributed by atoms with E-state index in [2.05, 4.69) is 48.6 Å². The minimum atomic E-state index is -0.284. The zero-order valence-electron chi connectivity index (χ0n) is 14.4. The highest BCUT2D eigenvalue weighted by atomic mass is 16.4. The highest BCUT2D eigenvalue weighted by Crippen LogP contribution is 2.22. The number of nitrogens with one attached hydrogen (secondary N) is 1. The van der Waals surface area contributed by atoms with E-state index in [9.17, 15) is 4.79 Å². The molecule has 25 heavy (non-hydrogen) atoms. The van der Waals surface area contributed by atoms with Crippen molar-refractivity contribution < 1.29 is 9.52 Å². The van der Waals surface area contributed by atoms with Gasteiger partial charge in [-0.3, -0.25) is 4.79 Å². The molecule has 128 valence electrons. The molecule has 0 radical (unpaired) electrons. The molecule has 4 nitrogen and oxygen atoms in total. The van der Waals surface area contributed by atoms with Crippen LogP contribution in [0.5, 0.6) is 0 Å². The lowest BCUT2D eigenvalue weighted by atomic mass is 10.0. The molecule has 0 aliphatic carbocycles. The van der Waals surface area contributed by atoms with E-state index in [1.165, 1.54) is 17.2 Å². The maximum absolute atomic E-state index is 11.9. The lowest BCUT2D eigenvalue weighted by Crippen LogP contribution is -2.12. The molecule has 0 aliphatic rings. The number of aliphatic hydroxyl groups excluding tert-OH is 1. The van der Waals surface area contributed by atoms with Crippen LogP contribution in [0.1, 0.15) is 22.6 Å². The largest absolute Gasteiger partial charge is 0.461 e. The number of aryl methyl sites for hydroxylation is 1. The van der Waals surface area contributed by atoms with Gasteiger partial charge in [0.1, 0.15) is 18.1 Å². The standard InChI is InChI=1S/C21H21NO3/c1-14-3-5-16(6-4-14)17-7-9-18(10-8-17)22-12-21-15(2)20(24)11-19(13-23)25-21/h3-11,22-23H,12-13H2,1-2H3. The second kappa shape index (κ2) is 7.36. The summed E-state index contributed by atoms with van der Waals surface area (Å²) >= 11 is 0. The maximum atomic E-state index is 11.9. The van der Waals surface area contributed by atoms with Gasteiger partial charge in [0, 0.05) is 17.3 Å². The summed E-state index contributed by atoms with van der Waals surface area (Å²) in [5.74, 6) is 0.821. The first kappa shape index (κ1) is 17.0. The topological polar surface area (TPSA) is 62.5 Å². The van der Waals surface area contributed by atoms with Crippen molar-refractivity contribution in [2.24, 2.45) is 0 Å². The summed E-state index contributed by atoms with van der Waals surface area (Å²) in [6, 6.07) is 17.8. The van der Waals surface area contributed by atoms with E-state index in [1.54, 1.807) is 6.92 Å². The van der Waals surface area contributed by atoms with Crippen molar-refractivity contribution in [2.75, 3.05) is 5.32 Å². The van der Waals surface area contributed by atoms with Gasteiger partial charge in [0.2, 0.25) is 0 Å². The summed E-state index contributed by atoms with van der Waals surface area (Å²) in [5, 5.41) is 12.4. The van der Waals surface area contributed by atoms with Gasteiger partial charge < -0.3 is 14.8 Å². The molecular formula is C21H21NO3. The Morgan fingerprint density at radius 1 is 0.960 bits per heavy atom. The summed E-state index contributed by atoms with van der Waals surface area (Å²) in [4.78, 5) is 11.9. The summed E-state index contributed by atoms with van der Waals surface area (Å²) < 4.78 is 5.55. The number of hydrogen-bond acceptors (Lipinski definition) is 4. The minimum Gasteiger partial charge on any atom is -0.461 e. The van der Waals surface area contributed by atoms with Gasteiger partial charge in [-0.15, -0.1) is 0 Å². The average Bonchev–Trinajstić information content (AvgIpc) is 2.64. The lowest BCUT2D eigenvalue weighted by molar-refractivity contribution is 0.239. The number of aliphatic hydroxyl groups is 1. The van der Waals surface area contributed by atoms with Crippen molar-refractivity contribution in [1.82, 2.24) is 0 Å². The van der Waals surface area contributed by atoms with Crippen LogP contribution in [0.4, 0.5) is 5.69 Å². The first-order valence-electron chi connectivity index (χ1n) is 8.21. The molecule has 1 aromatic heterocycles. The van der Waals surface area contributed by atoms with Crippen molar-refractivity contribution >= 4 is 5.69 Å². The zero-order chi connectivity index (χ0) is 17.8. The molecule has 0 amide bonds. The minimum absolute atomic E-state index is 0.123. The molecule has 2 aromatic carbocycles. The fourth-order valence-corrected chi connectivity index (χ4v) is 2.61. The first-order chi connectivity index (χ1) is 12.1. The predicted molar refractivity (Wildman–Crippen MR) is 99.6 cm³/mol. The zero-order valence-corrected chi connectivity index (χ0v) is 14.4. The third kappa shape index (κ3) is 3.98. The molecule has 4 heteroatoms. The van der Waals surface area contributed by atoms with Crippen LogP contribution in [0.15, 0.2) is 63.8 Å². The quantitative estimate of drug-likeness (QED) is 0.739. The number of rotatable bonds is 5. The monoisotopic (exact) mass is 335 g/mol. The SMILES string of the molecule is Cc1ccc(-c2ccc(NCc3oc(CO)cc(=O)c3C)cc2)cc1. The van der Waals surface area contributed by atoms with Crippen LogP contribution in [-0.4, -0.2) is 5.11 Å². The van der Waals surface area contributed by atoms with Gasteiger partial charge in [-0.1, -0.05) is 42.0 Å². The van der Waals surface area contributed by atoms with Crippen LogP contribution in [0.3, 0.4) is 0 Å². The lowest BCUT2D eigenvalue weighted by Gasteiger charge is -2.10. The molecule has 0 bridgehead atoms. The van der Waals surface area contributed by atoms with Crippen LogP contribution in [0, 0.1) is 13.8 Å². The molecule has 3 rings (SSSR count). The third-order valence-corrected chi connectivity index (χ3v) is 4.21. The van der Waals surface area contributed by atoms with Gasteiger partial charge in [-0.05, 0) is 37.1 Å². The molecule has 1 heterocycles. The summed E-state index contributed by atoms with van der Waals surface area (Å²) in [5.41, 5.74) is 4.93. The molecule has 3 aromatic rings. The Balaban J connectivity index is 1.73. The maximum Gasteiger partial charge on any atom is 0.188 e. The number of hydrogen-bond donors (Lipinski definition) is 2. The van der Waals surface area contributed by atoms with Crippen LogP contribution in [0.25, 0.3) is 11.1 Å². The van der Waals surface area contributed by atoms with Crippen molar-refractivity contribution in [2.45, 2.75) is 27.0 Å². The van der Waals surface area contributed by atoms with E-state index in [4.69, 9.17) is 9.52 Å². The van der Waals surface area contributed by atoms with E-state index in [1.807, 2.05) is 12.1 Å². The van der Waals surface area contributed by atoms with Gasteiger partial charge in [0.25, 0.3) is 0 Å². The molecule has 0 fully saturated rings. The Morgan fingerprint density at radius 3 is 2.16 bits per heavy atom. The summed E-state index contributed by atoms with van der Waals surface area (Å²) in [7, 11) is 0. The van der Waals surface area contributed by atoms with Crippen LogP contribution >= 0.6 is 0 Å². The van der Waals surface area contributed by atoms with Gasteiger partial charge in [-0.25, -0.2) is 0 Å². The molecular weight excluding hydrogens is 314 g/mol. The van der Waals surface area contributed by atoms with Gasteiger partial charge >= 0.3 is 0 Å². The molecule has 0 spiro atoms. The molecule has 2 N–H and O–H groups in total. The van der Waals surface area contributed by atoms with Crippen LogP contribution < -0.4 is 10.7 Å². The van der Waals surface area contributed by atoms with Crippen molar-refractivity contribution in [1.29, 1.82) is 0 Å². The Morgan fingerprint density at radius 2 is 1.56 bits per heavy atom. The smallest absolute Gasteiger partial charge is 0.188 e. The number of benzene rings is 2. The fraction of sp³-hybridized carbons (Fsp3) is 0.190. The highest BCUT2D eigenvalue weighted by molar-refractivity contribution is 5.66. The molecule has 0 atom stereocenters. The Labute approximate surface area is 146 Å². The Bertz CT molecular complexity index is 909. The molecule has 0 unspecified atom stereocenters. The second-order valence-corrected chi connectivity index (χ2v) is 6.08. The van der Waals surface area contributed by atoms with E-state index < -0.39 is 0 Å². The van der Waals surface area contributed by atoms with Crippen molar-refractivity contribution in [3.05, 3.63) is 87.5 Å². The number of anilines is 1. The third-order valence-electron chi connectivity index (χ3n) is 4.21. The van der Waals surface area contributed by atoms with E-state index in [-0.39, 0.29) is 17.8 Å². The normalized spacial score (nSPS) is 10.7. The second-order valence-electron chi connectivity index (χ2n) is 6.08.